The van der Waals surface area contributed by atoms with Crippen LogP contribution in [0, 0.1) is 0 Å². The summed E-state index contributed by atoms with van der Waals surface area (Å²) in [5.74, 6) is -0.0823. The number of carbonyl (C=O) groups is 1. The number of amides is 1. The molecule has 196 valence electrons. The highest BCUT2D eigenvalue weighted by Gasteiger charge is 2.35. The van der Waals surface area contributed by atoms with Gasteiger partial charge in [-0.2, -0.15) is 13.2 Å². The Morgan fingerprint density at radius 1 is 1.11 bits per heavy atom. The molecule has 0 bridgehead atoms. The van der Waals surface area contributed by atoms with Gasteiger partial charge in [0.05, 0.1) is 22.2 Å². The van der Waals surface area contributed by atoms with Crippen LogP contribution in [-0.4, -0.2) is 30.4 Å². The summed E-state index contributed by atoms with van der Waals surface area (Å²) in [4.78, 5) is 15.3. The molecular weight excluding hydrogens is 501 g/mol. The fourth-order valence-corrected chi connectivity index (χ4v) is 4.55. The number of hydrogen-bond acceptors (Lipinski definition) is 3. The molecule has 3 aromatic rings. The predicted octanol–water partition coefficient (Wildman–Crippen LogP) is 7.31. The first-order valence-electron chi connectivity index (χ1n) is 11.9. The molecule has 0 aliphatic carbocycles. The topological polar surface area (TPSA) is 41.6 Å². The second kappa shape index (κ2) is 12.8. The Morgan fingerprint density at radius 3 is 2.46 bits per heavy atom. The van der Waals surface area contributed by atoms with Gasteiger partial charge in [-0.25, -0.2) is 0 Å². The van der Waals surface area contributed by atoms with Gasteiger partial charge in [0.25, 0.3) is 5.91 Å². The van der Waals surface area contributed by atoms with Crippen molar-refractivity contribution >= 4 is 17.5 Å². The van der Waals surface area contributed by atoms with Crippen molar-refractivity contribution in [2.75, 3.05) is 13.6 Å². The van der Waals surface area contributed by atoms with Gasteiger partial charge < -0.3 is 10.1 Å². The number of ether oxygens (including phenoxy) is 1. The molecule has 1 amide bonds. The van der Waals surface area contributed by atoms with Crippen molar-refractivity contribution in [3.63, 3.8) is 0 Å². The molecule has 0 radical (unpaired) electrons. The molecular formula is C29H30ClF3N2O2. The van der Waals surface area contributed by atoms with Gasteiger partial charge >= 0.3 is 6.18 Å². The van der Waals surface area contributed by atoms with Crippen LogP contribution in [0.15, 0.2) is 85.5 Å². The minimum absolute atomic E-state index is 0.184. The number of likely N-dealkylation sites (N-methyl/N-ethyl adjacent to an activating group) is 1. The predicted molar refractivity (Wildman–Crippen MR) is 141 cm³/mol. The maximum Gasteiger partial charge on any atom is 0.417 e. The smallest absolute Gasteiger partial charge is 0.417 e. The van der Waals surface area contributed by atoms with E-state index in [0.717, 1.165) is 17.2 Å². The number of nitrogens with one attached hydrogen (secondary N) is 1. The van der Waals surface area contributed by atoms with Gasteiger partial charge in [-0.3, -0.25) is 9.69 Å². The molecule has 0 fully saturated rings. The van der Waals surface area contributed by atoms with E-state index in [2.05, 4.69) is 11.9 Å². The number of hydrogen-bond donors (Lipinski definition) is 1. The van der Waals surface area contributed by atoms with Gasteiger partial charge in [-0.15, -0.1) is 6.58 Å². The van der Waals surface area contributed by atoms with Crippen molar-refractivity contribution < 1.29 is 22.7 Å². The van der Waals surface area contributed by atoms with E-state index in [0.29, 0.717) is 25.3 Å². The molecule has 8 heteroatoms. The summed E-state index contributed by atoms with van der Waals surface area (Å²) in [6, 6.07) is 19.6. The highest BCUT2D eigenvalue weighted by atomic mass is 35.5. The van der Waals surface area contributed by atoms with E-state index < -0.39 is 28.7 Å². The normalized spacial score (nSPS) is 13.2. The van der Waals surface area contributed by atoms with E-state index in [1.807, 2.05) is 73.5 Å². The monoisotopic (exact) mass is 530 g/mol. The Morgan fingerprint density at radius 2 is 1.81 bits per heavy atom. The maximum atomic E-state index is 13.4. The van der Waals surface area contributed by atoms with Crippen LogP contribution in [0.5, 0.6) is 5.75 Å². The van der Waals surface area contributed by atoms with Crippen molar-refractivity contribution in [3.8, 4) is 5.75 Å². The van der Waals surface area contributed by atoms with Crippen molar-refractivity contribution in [2.45, 2.75) is 38.2 Å². The number of rotatable bonds is 11. The van der Waals surface area contributed by atoms with Crippen LogP contribution in [0.2, 0.25) is 5.02 Å². The molecule has 2 atom stereocenters. The number of alkyl halides is 3. The lowest BCUT2D eigenvalue weighted by molar-refractivity contribution is -0.137. The van der Waals surface area contributed by atoms with Gasteiger partial charge in [0.15, 0.2) is 0 Å². The average Bonchev–Trinajstić information content (AvgIpc) is 2.87. The third-order valence-corrected chi connectivity index (χ3v) is 6.49. The fraction of sp³-hybridized carbons (Fsp3) is 0.276. The van der Waals surface area contributed by atoms with Crippen LogP contribution in [0.4, 0.5) is 13.2 Å². The van der Waals surface area contributed by atoms with Crippen molar-refractivity contribution in [1.29, 1.82) is 0 Å². The maximum absolute atomic E-state index is 13.4. The largest absolute Gasteiger partial charge is 0.489 e. The first-order chi connectivity index (χ1) is 17.7. The molecule has 37 heavy (non-hydrogen) atoms. The molecule has 0 aromatic heterocycles. The zero-order valence-corrected chi connectivity index (χ0v) is 21.5. The molecule has 1 N–H and O–H groups in total. The van der Waals surface area contributed by atoms with Crippen LogP contribution >= 0.6 is 11.6 Å². The SMILES string of the molecule is C=CCN(C)[C@@H](CC)[C@@H](NC(=O)c1cccc(C(F)(F)F)c1Cl)c1cccc(OCc2ccccc2)c1. The van der Waals surface area contributed by atoms with Crippen molar-refractivity contribution in [3.05, 3.63) is 113 Å². The van der Waals surface area contributed by atoms with Crippen LogP contribution in [0.25, 0.3) is 0 Å². The lowest BCUT2D eigenvalue weighted by atomic mass is 9.95. The van der Waals surface area contributed by atoms with Crippen LogP contribution in [-0.2, 0) is 12.8 Å². The van der Waals surface area contributed by atoms with Gasteiger partial charge in [-0.05, 0) is 48.9 Å². The Hall–Kier alpha value is -3.29. The third kappa shape index (κ3) is 7.37. The second-order valence-electron chi connectivity index (χ2n) is 8.67. The minimum Gasteiger partial charge on any atom is -0.489 e. The number of carbonyl (C=O) groups excluding carboxylic acids is 1. The van der Waals surface area contributed by atoms with E-state index in [1.54, 1.807) is 6.08 Å². The van der Waals surface area contributed by atoms with Gasteiger partial charge in [-0.1, -0.05) is 73.1 Å². The van der Waals surface area contributed by atoms with E-state index in [1.165, 1.54) is 12.1 Å². The summed E-state index contributed by atoms with van der Waals surface area (Å²) in [6.07, 6.45) is -2.27. The first kappa shape index (κ1) is 28.3. The average molecular weight is 531 g/mol. The zero-order valence-electron chi connectivity index (χ0n) is 20.8. The summed E-state index contributed by atoms with van der Waals surface area (Å²) in [7, 11) is 1.90. The lowest BCUT2D eigenvalue weighted by Gasteiger charge is -2.34. The summed E-state index contributed by atoms with van der Waals surface area (Å²) >= 11 is 6.04. The molecule has 0 heterocycles. The second-order valence-corrected chi connectivity index (χ2v) is 9.04. The van der Waals surface area contributed by atoms with Crippen molar-refractivity contribution in [2.24, 2.45) is 0 Å². The summed E-state index contributed by atoms with van der Waals surface area (Å²) in [6.45, 7) is 6.70. The van der Waals surface area contributed by atoms with Gasteiger partial charge in [0, 0.05) is 12.6 Å². The van der Waals surface area contributed by atoms with E-state index >= 15 is 0 Å². The fourth-order valence-electron chi connectivity index (χ4n) is 4.23. The zero-order chi connectivity index (χ0) is 27.0. The molecule has 3 aromatic carbocycles. The van der Waals surface area contributed by atoms with E-state index in [-0.39, 0.29) is 11.6 Å². The Bertz CT molecular complexity index is 1200. The highest BCUT2D eigenvalue weighted by Crippen LogP contribution is 2.36. The van der Waals surface area contributed by atoms with E-state index in [4.69, 9.17) is 16.3 Å². The van der Waals surface area contributed by atoms with Crippen LogP contribution in [0.3, 0.4) is 0 Å². The molecule has 0 unspecified atom stereocenters. The standard InChI is InChI=1S/C29H30ClF3N2O2/c1-4-17-35(3)25(5-2)27(34-28(36)23-15-10-16-24(26(23)30)29(31,32)33)21-13-9-14-22(18-21)37-19-20-11-7-6-8-12-20/h4,6-16,18,25,27H,1,5,17,19H2,2-3H3,(H,34,36)/t25-,27-/m0/s1. The number of benzene rings is 3. The molecule has 0 spiro atoms. The molecule has 0 saturated heterocycles. The summed E-state index contributed by atoms with van der Waals surface area (Å²) in [5, 5.41) is 2.31. The third-order valence-electron chi connectivity index (χ3n) is 6.09. The first-order valence-corrected chi connectivity index (χ1v) is 12.3. The molecule has 0 saturated carbocycles. The summed E-state index contributed by atoms with van der Waals surface area (Å²) < 4.78 is 46.1. The summed E-state index contributed by atoms with van der Waals surface area (Å²) in [5.41, 5.74) is 0.476. The molecule has 0 aliphatic rings. The van der Waals surface area contributed by atoms with Crippen LogP contribution in [0.1, 0.15) is 46.4 Å². The highest BCUT2D eigenvalue weighted by molar-refractivity contribution is 6.34. The van der Waals surface area contributed by atoms with E-state index in [9.17, 15) is 18.0 Å². The van der Waals surface area contributed by atoms with Crippen molar-refractivity contribution in [1.82, 2.24) is 10.2 Å². The molecule has 0 aliphatic heterocycles. The quantitative estimate of drug-likeness (QED) is 0.264. The Balaban J connectivity index is 1.94. The van der Waals surface area contributed by atoms with Gasteiger partial charge in [0.1, 0.15) is 12.4 Å². The van der Waals surface area contributed by atoms with Gasteiger partial charge in [0.2, 0.25) is 0 Å². The minimum atomic E-state index is -4.67. The molecule has 4 nitrogen and oxygen atoms in total. The Kier molecular flexibility index (Phi) is 9.78. The number of nitrogens with zero attached hydrogens (tertiary/aromatic N) is 1. The Labute approximate surface area is 220 Å². The molecule has 3 rings (SSSR count). The lowest BCUT2D eigenvalue weighted by Crippen LogP contribution is -2.44. The number of halogens is 4. The van der Waals surface area contributed by atoms with Crippen LogP contribution < -0.4 is 10.1 Å².